The van der Waals surface area contributed by atoms with Crippen LogP contribution >= 0.6 is 34.3 Å². The molecule has 3 aromatic rings. The Morgan fingerprint density at radius 1 is 1.32 bits per heavy atom. The molecule has 0 saturated carbocycles. The van der Waals surface area contributed by atoms with Crippen molar-refractivity contribution in [3.8, 4) is 0 Å². The van der Waals surface area contributed by atoms with Gasteiger partial charge in [0.2, 0.25) is 4.80 Å². The second-order valence-electron chi connectivity index (χ2n) is 4.78. The molecular formula is C14H10ClFN2O4S3. The smallest absolute Gasteiger partial charge is 0.325 e. The van der Waals surface area contributed by atoms with Gasteiger partial charge < -0.3 is 9.30 Å². The number of rotatable bonds is 4. The first-order valence-electron chi connectivity index (χ1n) is 6.72. The summed E-state index contributed by atoms with van der Waals surface area (Å²) in [5.74, 6) is -1.06. The summed E-state index contributed by atoms with van der Waals surface area (Å²) in [6, 6.07) is 6.74. The van der Waals surface area contributed by atoms with E-state index < -0.39 is 21.8 Å². The number of ether oxygens (including phenoxy) is 1. The Labute approximate surface area is 154 Å². The van der Waals surface area contributed by atoms with Crippen molar-refractivity contribution in [1.29, 1.82) is 0 Å². The fraction of sp³-hybridized carbons (Fsp3) is 0.143. The Morgan fingerprint density at radius 2 is 2.08 bits per heavy atom. The van der Waals surface area contributed by atoms with Gasteiger partial charge in [-0.25, -0.2) is 4.39 Å². The van der Waals surface area contributed by atoms with Gasteiger partial charge in [0.15, 0.2) is 0 Å². The molecule has 3 rings (SSSR count). The van der Waals surface area contributed by atoms with Crippen LogP contribution in [0.4, 0.5) is 4.39 Å². The summed E-state index contributed by atoms with van der Waals surface area (Å²) in [7, 11) is -2.79. The summed E-state index contributed by atoms with van der Waals surface area (Å²) < 4.78 is 48.9. The van der Waals surface area contributed by atoms with Gasteiger partial charge in [-0.3, -0.25) is 4.79 Å². The summed E-state index contributed by atoms with van der Waals surface area (Å²) in [6.07, 6.45) is 0. The van der Waals surface area contributed by atoms with E-state index in [1.54, 1.807) is 0 Å². The quantitative estimate of drug-likeness (QED) is 0.608. The summed E-state index contributed by atoms with van der Waals surface area (Å²) in [5, 5.41) is 0. The van der Waals surface area contributed by atoms with Crippen LogP contribution in [-0.4, -0.2) is 26.1 Å². The Bertz CT molecular complexity index is 1130. The molecule has 0 spiro atoms. The van der Waals surface area contributed by atoms with E-state index in [1.807, 2.05) is 0 Å². The third-order valence-electron chi connectivity index (χ3n) is 3.16. The van der Waals surface area contributed by atoms with Crippen LogP contribution in [0.15, 0.2) is 38.9 Å². The van der Waals surface area contributed by atoms with Crippen molar-refractivity contribution in [2.75, 3.05) is 7.11 Å². The summed E-state index contributed by atoms with van der Waals surface area (Å²) in [5.41, 5.74) is 0.481. The molecule has 0 N–H and O–H groups in total. The molecule has 25 heavy (non-hydrogen) atoms. The normalized spacial score (nSPS) is 12.7. The fourth-order valence-electron chi connectivity index (χ4n) is 2.05. The average molecular weight is 421 g/mol. The van der Waals surface area contributed by atoms with Crippen molar-refractivity contribution in [2.45, 2.75) is 10.8 Å². The van der Waals surface area contributed by atoms with E-state index in [0.29, 0.717) is 14.6 Å². The maximum atomic E-state index is 13.5. The highest BCUT2D eigenvalue weighted by Crippen LogP contribution is 2.27. The third-order valence-corrected chi connectivity index (χ3v) is 7.28. The number of sulfonamides is 1. The molecule has 0 radical (unpaired) electrons. The van der Waals surface area contributed by atoms with Gasteiger partial charge in [0.05, 0.1) is 21.7 Å². The Morgan fingerprint density at radius 3 is 2.72 bits per heavy atom. The van der Waals surface area contributed by atoms with Crippen molar-refractivity contribution in [1.82, 2.24) is 4.57 Å². The number of thiophene rings is 1. The van der Waals surface area contributed by atoms with E-state index in [-0.39, 0.29) is 15.6 Å². The Kier molecular flexibility index (Phi) is 4.96. The SMILES string of the molecule is COC(=O)Cn1/c(=N/S(=O)(=O)c2ccc(Cl)s2)sc2cc(F)ccc21. The predicted molar refractivity (Wildman–Crippen MR) is 93.9 cm³/mol. The standard InChI is InChI=1S/C14H10ClFN2O4S3/c1-22-12(19)7-18-9-3-2-8(16)6-10(9)23-14(18)17-25(20,21)13-5-4-11(15)24-13/h2-6H,7H2,1H3/b17-14-. The molecule has 0 amide bonds. The van der Waals surface area contributed by atoms with Crippen LogP contribution in [0.1, 0.15) is 0 Å². The van der Waals surface area contributed by atoms with E-state index in [0.717, 1.165) is 22.7 Å². The van der Waals surface area contributed by atoms with Crippen LogP contribution in [0.3, 0.4) is 0 Å². The minimum Gasteiger partial charge on any atom is -0.468 e. The number of carbonyl (C=O) groups excluding carboxylic acids is 1. The van der Waals surface area contributed by atoms with Crippen LogP contribution in [0.25, 0.3) is 10.2 Å². The van der Waals surface area contributed by atoms with Crippen molar-refractivity contribution < 1.29 is 22.3 Å². The number of fused-ring (bicyclic) bond motifs is 1. The number of benzene rings is 1. The first-order valence-corrected chi connectivity index (χ1v) is 10.2. The lowest BCUT2D eigenvalue weighted by Gasteiger charge is -2.03. The Hall–Kier alpha value is -1.75. The number of nitrogens with zero attached hydrogens (tertiary/aromatic N) is 2. The zero-order valence-electron chi connectivity index (χ0n) is 12.6. The van der Waals surface area contributed by atoms with Gasteiger partial charge in [-0.15, -0.1) is 15.7 Å². The van der Waals surface area contributed by atoms with Crippen LogP contribution in [0.2, 0.25) is 4.34 Å². The van der Waals surface area contributed by atoms with Crippen molar-refractivity contribution >= 4 is 60.5 Å². The number of carbonyl (C=O) groups is 1. The molecule has 11 heteroatoms. The second kappa shape index (κ2) is 6.87. The summed E-state index contributed by atoms with van der Waals surface area (Å²) in [6.45, 7) is -0.248. The maximum Gasteiger partial charge on any atom is 0.325 e. The molecule has 0 aliphatic heterocycles. The van der Waals surface area contributed by atoms with Gasteiger partial charge in [0, 0.05) is 0 Å². The molecule has 0 fully saturated rings. The topological polar surface area (TPSA) is 77.7 Å². The van der Waals surface area contributed by atoms with Crippen LogP contribution in [0.5, 0.6) is 0 Å². The number of hydrogen-bond acceptors (Lipinski definition) is 6. The number of aromatic nitrogens is 1. The largest absolute Gasteiger partial charge is 0.468 e. The average Bonchev–Trinajstić information content (AvgIpc) is 3.11. The molecule has 0 bridgehead atoms. The van der Waals surface area contributed by atoms with Gasteiger partial charge in [0.1, 0.15) is 16.6 Å². The molecule has 0 aliphatic carbocycles. The van der Waals surface area contributed by atoms with E-state index >= 15 is 0 Å². The molecule has 0 saturated heterocycles. The molecule has 2 aromatic heterocycles. The van der Waals surface area contributed by atoms with Crippen LogP contribution in [-0.2, 0) is 26.1 Å². The highest BCUT2D eigenvalue weighted by Gasteiger charge is 2.18. The third kappa shape index (κ3) is 3.76. The molecule has 0 unspecified atom stereocenters. The lowest BCUT2D eigenvalue weighted by Crippen LogP contribution is -2.22. The number of esters is 1. The first-order chi connectivity index (χ1) is 11.8. The van der Waals surface area contributed by atoms with E-state index in [2.05, 4.69) is 9.13 Å². The van der Waals surface area contributed by atoms with Crippen molar-refractivity contribution in [3.05, 3.63) is 45.3 Å². The van der Waals surface area contributed by atoms with Gasteiger partial charge in [-0.1, -0.05) is 22.9 Å². The fourth-order valence-corrected chi connectivity index (χ4v) is 5.77. The summed E-state index contributed by atoms with van der Waals surface area (Å²) in [4.78, 5) is 11.7. The summed E-state index contributed by atoms with van der Waals surface area (Å²) >= 11 is 7.61. The van der Waals surface area contributed by atoms with Crippen LogP contribution < -0.4 is 4.80 Å². The van der Waals surface area contributed by atoms with Gasteiger partial charge in [0.25, 0.3) is 10.0 Å². The molecule has 132 valence electrons. The minimum atomic E-state index is -4.01. The molecule has 6 nitrogen and oxygen atoms in total. The molecule has 0 atom stereocenters. The number of halogens is 2. The minimum absolute atomic E-state index is 0.0224. The van der Waals surface area contributed by atoms with Gasteiger partial charge >= 0.3 is 5.97 Å². The monoisotopic (exact) mass is 420 g/mol. The second-order valence-corrected chi connectivity index (χ2v) is 9.34. The molecule has 2 heterocycles. The van der Waals surface area contributed by atoms with E-state index in [1.165, 1.54) is 42.0 Å². The van der Waals surface area contributed by atoms with Crippen molar-refractivity contribution in [2.24, 2.45) is 4.40 Å². The lowest BCUT2D eigenvalue weighted by molar-refractivity contribution is -0.141. The zero-order valence-corrected chi connectivity index (χ0v) is 15.8. The lowest BCUT2D eigenvalue weighted by atomic mass is 10.3. The predicted octanol–water partition coefficient (Wildman–Crippen LogP) is 3.02. The molecular weight excluding hydrogens is 411 g/mol. The van der Waals surface area contributed by atoms with E-state index in [4.69, 9.17) is 11.6 Å². The highest BCUT2D eigenvalue weighted by atomic mass is 35.5. The zero-order chi connectivity index (χ0) is 18.2. The Balaban J connectivity index is 2.23. The molecule has 0 aliphatic rings. The van der Waals surface area contributed by atoms with Crippen molar-refractivity contribution in [3.63, 3.8) is 0 Å². The van der Waals surface area contributed by atoms with E-state index in [9.17, 15) is 17.6 Å². The number of methoxy groups -OCH3 is 1. The number of hydrogen-bond donors (Lipinski definition) is 0. The number of thiazole rings is 1. The van der Waals surface area contributed by atoms with Gasteiger partial charge in [-0.05, 0) is 30.3 Å². The maximum absolute atomic E-state index is 13.5. The molecule has 1 aromatic carbocycles. The first kappa shape index (κ1) is 18.1. The highest BCUT2D eigenvalue weighted by molar-refractivity contribution is 7.92. The van der Waals surface area contributed by atoms with Crippen LogP contribution in [0, 0.1) is 5.82 Å². The van der Waals surface area contributed by atoms with Gasteiger partial charge in [-0.2, -0.15) is 8.42 Å².